The van der Waals surface area contributed by atoms with E-state index in [0.717, 1.165) is 6.54 Å². The van der Waals surface area contributed by atoms with E-state index in [-0.39, 0.29) is 0 Å². The molecule has 0 saturated carbocycles. The Morgan fingerprint density at radius 3 is 2.83 bits per heavy atom. The van der Waals surface area contributed by atoms with Crippen molar-refractivity contribution in [3.05, 3.63) is 55.8 Å². The average molecular weight is 371 g/mol. The minimum atomic E-state index is 0.493. The number of rotatable bonds is 6. The quantitative estimate of drug-likeness (QED) is 0.706. The highest BCUT2D eigenvalue weighted by Gasteiger charge is 2.10. The fourth-order valence-corrected chi connectivity index (χ4v) is 3.46. The van der Waals surface area contributed by atoms with Crippen LogP contribution in [0, 0.1) is 3.57 Å². The second-order valence-corrected chi connectivity index (χ2v) is 6.59. The highest BCUT2D eigenvalue weighted by molar-refractivity contribution is 14.1. The molecule has 1 unspecified atom stereocenters. The molecule has 18 heavy (non-hydrogen) atoms. The maximum Gasteiger partial charge on any atom is 0.0417 e. The maximum absolute atomic E-state index is 3.67. The van der Waals surface area contributed by atoms with Crippen LogP contribution in [0.4, 0.5) is 0 Å². The third kappa shape index (κ3) is 4.07. The van der Waals surface area contributed by atoms with Crippen molar-refractivity contribution in [3.63, 3.8) is 0 Å². The zero-order valence-electron chi connectivity index (χ0n) is 10.5. The van der Waals surface area contributed by atoms with Crippen LogP contribution in [-0.2, 0) is 6.54 Å². The van der Waals surface area contributed by atoms with Crippen molar-refractivity contribution in [1.29, 1.82) is 0 Å². The molecule has 3 heteroatoms. The van der Waals surface area contributed by atoms with E-state index >= 15 is 0 Å². The molecule has 1 aromatic carbocycles. The second-order valence-electron chi connectivity index (χ2n) is 4.37. The lowest BCUT2D eigenvalue weighted by atomic mass is 10.1. The molecule has 0 saturated heterocycles. The van der Waals surface area contributed by atoms with Crippen LogP contribution in [-0.4, -0.2) is 0 Å². The Morgan fingerprint density at radius 1 is 1.28 bits per heavy atom. The highest BCUT2D eigenvalue weighted by Crippen LogP contribution is 2.23. The molecule has 2 aromatic rings. The summed E-state index contributed by atoms with van der Waals surface area (Å²) in [6.45, 7) is 3.19. The van der Waals surface area contributed by atoms with Crippen molar-refractivity contribution in [2.75, 3.05) is 0 Å². The molecule has 1 atom stereocenters. The van der Waals surface area contributed by atoms with Crippen LogP contribution in [0.2, 0.25) is 0 Å². The minimum absolute atomic E-state index is 0.493. The summed E-state index contributed by atoms with van der Waals surface area (Å²) < 4.78 is 1.30. The van der Waals surface area contributed by atoms with Crippen molar-refractivity contribution < 1.29 is 0 Å². The fraction of sp³-hybridized carbons (Fsp3) is 0.333. The lowest BCUT2D eigenvalue weighted by Gasteiger charge is -2.16. The SMILES string of the molecule is CCCC(NCc1cccc(I)c1)c1cccs1. The van der Waals surface area contributed by atoms with Gasteiger partial charge in [-0.3, -0.25) is 0 Å². The number of nitrogens with one attached hydrogen (secondary N) is 1. The summed E-state index contributed by atoms with van der Waals surface area (Å²) in [7, 11) is 0. The van der Waals surface area contributed by atoms with E-state index in [1.165, 1.54) is 26.9 Å². The molecule has 0 spiro atoms. The van der Waals surface area contributed by atoms with Gasteiger partial charge in [0, 0.05) is 21.0 Å². The van der Waals surface area contributed by atoms with Crippen LogP contribution >= 0.6 is 33.9 Å². The van der Waals surface area contributed by atoms with E-state index in [9.17, 15) is 0 Å². The molecule has 1 aromatic heterocycles. The van der Waals surface area contributed by atoms with Crippen LogP contribution in [0.3, 0.4) is 0 Å². The summed E-state index contributed by atoms with van der Waals surface area (Å²) in [5.41, 5.74) is 1.36. The molecule has 0 aliphatic heterocycles. The number of halogens is 1. The third-order valence-corrected chi connectivity index (χ3v) is 4.56. The fourth-order valence-electron chi connectivity index (χ4n) is 2.01. The summed E-state index contributed by atoms with van der Waals surface area (Å²) in [5, 5.41) is 5.83. The Kier molecular flexibility index (Phi) is 5.66. The van der Waals surface area contributed by atoms with Gasteiger partial charge >= 0.3 is 0 Å². The Balaban J connectivity index is 1.98. The molecule has 1 N–H and O–H groups in total. The summed E-state index contributed by atoms with van der Waals surface area (Å²) in [6, 6.07) is 13.5. The Labute approximate surface area is 127 Å². The lowest BCUT2D eigenvalue weighted by Crippen LogP contribution is -2.20. The van der Waals surface area contributed by atoms with Gasteiger partial charge in [0.1, 0.15) is 0 Å². The van der Waals surface area contributed by atoms with E-state index in [1.807, 2.05) is 11.3 Å². The van der Waals surface area contributed by atoms with Gasteiger partial charge in [-0.05, 0) is 58.2 Å². The van der Waals surface area contributed by atoms with E-state index in [1.54, 1.807) is 0 Å². The number of thiophene rings is 1. The van der Waals surface area contributed by atoms with E-state index in [0.29, 0.717) is 6.04 Å². The van der Waals surface area contributed by atoms with Crippen LogP contribution in [0.1, 0.15) is 36.2 Å². The second kappa shape index (κ2) is 7.26. The van der Waals surface area contributed by atoms with E-state index in [2.05, 4.69) is 76.6 Å². The van der Waals surface area contributed by atoms with Crippen molar-refractivity contribution in [2.24, 2.45) is 0 Å². The minimum Gasteiger partial charge on any atom is -0.305 e. The van der Waals surface area contributed by atoms with Gasteiger partial charge in [0.15, 0.2) is 0 Å². The van der Waals surface area contributed by atoms with Gasteiger partial charge in [-0.15, -0.1) is 11.3 Å². The van der Waals surface area contributed by atoms with Gasteiger partial charge in [0.25, 0.3) is 0 Å². The Bertz CT molecular complexity index is 467. The van der Waals surface area contributed by atoms with Gasteiger partial charge in [0.05, 0.1) is 0 Å². The zero-order chi connectivity index (χ0) is 12.8. The molecule has 0 radical (unpaired) electrons. The Morgan fingerprint density at radius 2 is 2.17 bits per heavy atom. The third-order valence-electron chi connectivity index (χ3n) is 2.91. The number of benzene rings is 1. The highest BCUT2D eigenvalue weighted by atomic mass is 127. The van der Waals surface area contributed by atoms with Gasteiger partial charge in [-0.1, -0.05) is 31.5 Å². The van der Waals surface area contributed by atoms with Gasteiger partial charge in [0.2, 0.25) is 0 Å². The first kappa shape index (κ1) is 14.0. The normalized spacial score (nSPS) is 12.6. The zero-order valence-corrected chi connectivity index (χ0v) is 13.5. The number of hydrogen-bond donors (Lipinski definition) is 1. The largest absolute Gasteiger partial charge is 0.305 e. The molecule has 1 heterocycles. The average Bonchev–Trinajstić information content (AvgIpc) is 2.88. The summed E-state index contributed by atoms with van der Waals surface area (Å²) in [5.74, 6) is 0. The molecular formula is C15H18INS. The summed E-state index contributed by atoms with van der Waals surface area (Å²) >= 11 is 4.21. The predicted molar refractivity (Wildman–Crippen MR) is 88.0 cm³/mol. The number of hydrogen-bond acceptors (Lipinski definition) is 2. The Hall–Kier alpha value is -0.390. The topological polar surface area (TPSA) is 12.0 Å². The summed E-state index contributed by atoms with van der Waals surface area (Å²) in [4.78, 5) is 1.45. The molecule has 0 bridgehead atoms. The maximum atomic E-state index is 3.67. The molecule has 0 aliphatic rings. The predicted octanol–water partition coefficient (Wildman–Crippen LogP) is 4.98. The molecule has 1 nitrogen and oxygen atoms in total. The molecule has 0 fully saturated rings. The smallest absolute Gasteiger partial charge is 0.0417 e. The van der Waals surface area contributed by atoms with Crippen molar-refractivity contribution in [2.45, 2.75) is 32.4 Å². The van der Waals surface area contributed by atoms with Crippen molar-refractivity contribution >= 4 is 33.9 Å². The first-order valence-corrected chi connectivity index (χ1v) is 8.26. The first-order chi connectivity index (χ1) is 8.79. The van der Waals surface area contributed by atoms with Crippen LogP contribution < -0.4 is 5.32 Å². The lowest BCUT2D eigenvalue weighted by molar-refractivity contribution is 0.500. The standard InChI is InChI=1S/C15H18INS/c1-2-5-14(15-8-4-9-18-15)17-11-12-6-3-7-13(16)10-12/h3-4,6-10,14,17H,2,5,11H2,1H3. The molecule has 2 rings (SSSR count). The van der Waals surface area contributed by atoms with Crippen molar-refractivity contribution in [3.8, 4) is 0 Å². The molecular weight excluding hydrogens is 353 g/mol. The van der Waals surface area contributed by atoms with Gasteiger partial charge < -0.3 is 5.32 Å². The molecule has 0 aliphatic carbocycles. The van der Waals surface area contributed by atoms with Gasteiger partial charge in [-0.2, -0.15) is 0 Å². The van der Waals surface area contributed by atoms with Crippen molar-refractivity contribution in [1.82, 2.24) is 5.32 Å². The monoisotopic (exact) mass is 371 g/mol. The molecule has 96 valence electrons. The first-order valence-electron chi connectivity index (χ1n) is 6.31. The van der Waals surface area contributed by atoms with Crippen LogP contribution in [0.25, 0.3) is 0 Å². The van der Waals surface area contributed by atoms with Crippen LogP contribution in [0.15, 0.2) is 41.8 Å². The van der Waals surface area contributed by atoms with Gasteiger partial charge in [-0.25, -0.2) is 0 Å². The summed E-state index contributed by atoms with van der Waals surface area (Å²) in [6.07, 6.45) is 2.41. The van der Waals surface area contributed by atoms with E-state index < -0.39 is 0 Å². The molecule has 0 amide bonds. The van der Waals surface area contributed by atoms with Crippen LogP contribution in [0.5, 0.6) is 0 Å². The van der Waals surface area contributed by atoms with E-state index in [4.69, 9.17) is 0 Å².